The third-order valence-electron chi connectivity index (χ3n) is 2.59. The van der Waals surface area contributed by atoms with Gasteiger partial charge in [-0.1, -0.05) is 23.7 Å². The Morgan fingerprint density at radius 3 is 2.89 bits per heavy atom. The van der Waals surface area contributed by atoms with E-state index in [2.05, 4.69) is 10.6 Å². The highest BCUT2D eigenvalue weighted by atomic mass is 35.5. The van der Waals surface area contributed by atoms with Crippen molar-refractivity contribution in [3.8, 4) is 0 Å². The molecule has 100 valence electrons. The van der Waals surface area contributed by atoms with Crippen LogP contribution >= 0.6 is 11.6 Å². The van der Waals surface area contributed by atoms with Gasteiger partial charge >= 0.3 is 0 Å². The molecule has 0 aliphatic heterocycles. The van der Waals surface area contributed by atoms with E-state index in [0.29, 0.717) is 24.5 Å². The first-order chi connectivity index (χ1) is 8.67. The first kappa shape index (κ1) is 15.0. The lowest BCUT2D eigenvalue weighted by Crippen LogP contribution is -2.30. The van der Waals surface area contributed by atoms with Gasteiger partial charge in [0.15, 0.2) is 0 Å². The molecule has 1 rings (SSSR count). The maximum atomic E-state index is 11.5. The minimum Gasteiger partial charge on any atom is -0.375 e. The van der Waals surface area contributed by atoms with Gasteiger partial charge in [0.05, 0.1) is 6.10 Å². The van der Waals surface area contributed by atoms with E-state index in [-0.39, 0.29) is 12.0 Å². The molecule has 18 heavy (non-hydrogen) atoms. The SMILES string of the molecule is CNCCC(=O)NCC(OC)c1cccc(Cl)c1. The molecule has 0 saturated heterocycles. The molecule has 1 aromatic rings. The molecule has 0 heterocycles. The maximum absolute atomic E-state index is 11.5. The molecule has 1 unspecified atom stereocenters. The fraction of sp³-hybridized carbons (Fsp3) is 0.462. The van der Waals surface area contributed by atoms with Crippen molar-refractivity contribution in [2.75, 3.05) is 27.2 Å². The minimum absolute atomic E-state index is 0.00780. The van der Waals surface area contributed by atoms with Crippen LogP contribution in [0.25, 0.3) is 0 Å². The van der Waals surface area contributed by atoms with E-state index in [0.717, 1.165) is 5.56 Å². The second kappa shape index (κ2) is 8.08. The van der Waals surface area contributed by atoms with Crippen LogP contribution in [0.1, 0.15) is 18.1 Å². The summed E-state index contributed by atoms with van der Waals surface area (Å²) in [6, 6.07) is 7.45. The van der Waals surface area contributed by atoms with E-state index in [9.17, 15) is 4.79 Å². The number of methoxy groups -OCH3 is 1. The highest BCUT2D eigenvalue weighted by Gasteiger charge is 2.12. The van der Waals surface area contributed by atoms with E-state index in [1.54, 1.807) is 7.11 Å². The van der Waals surface area contributed by atoms with Crippen LogP contribution in [0.3, 0.4) is 0 Å². The van der Waals surface area contributed by atoms with Crippen LogP contribution in [-0.2, 0) is 9.53 Å². The Morgan fingerprint density at radius 1 is 1.50 bits per heavy atom. The number of halogens is 1. The van der Waals surface area contributed by atoms with Crippen molar-refractivity contribution < 1.29 is 9.53 Å². The molecular formula is C13H19ClN2O2. The van der Waals surface area contributed by atoms with Crippen LogP contribution in [0.15, 0.2) is 24.3 Å². The number of rotatable bonds is 7. The van der Waals surface area contributed by atoms with E-state index < -0.39 is 0 Å². The quantitative estimate of drug-likeness (QED) is 0.794. The predicted molar refractivity (Wildman–Crippen MR) is 72.8 cm³/mol. The number of benzene rings is 1. The molecule has 1 amide bonds. The van der Waals surface area contributed by atoms with Crippen molar-refractivity contribution >= 4 is 17.5 Å². The van der Waals surface area contributed by atoms with Gasteiger partial charge in [0.1, 0.15) is 0 Å². The molecule has 0 aliphatic carbocycles. The van der Waals surface area contributed by atoms with E-state index in [1.807, 2.05) is 31.3 Å². The lowest BCUT2D eigenvalue weighted by atomic mass is 10.1. The second-order valence-corrected chi connectivity index (χ2v) is 4.37. The van der Waals surface area contributed by atoms with Gasteiger partial charge in [-0.05, 0) is 24.7 Å². The summed E-state index contributed by atoms with van der Waals surface area (Å²) in [6.07, 6.45) is 0.282. The Morgan fingerprint density at radius 2 is 2.28 bits per heavy atom. The van der Waals surface area contributed by atoms with Crippen LogP contribution in [-0.4, -0.2) is 33.2 Å². The molecule has 1 aromatic carbocycles. The summed E-state index contributed by atoms with van der Waals surface area (Å²) >= 11 is 5.93. The summed E-state index contributed by atoms with van der Waals surface area (Å²) in [5.74, 6) is 0.00780. The molecule has 0 fully saturated rings. The first-order valence-electron chi connectivity index (χ1n) is 5.87. The number of hydrogen-bond acceptors (Lipinski definition) is 3. The van der Waals surface area contributed by atoms with Gasteiger partial charge in [-0.3, -0.25) is 4.79 Å². The molecular weight excluding hydrogens is 252 g/mol. The van der Waals surface area contributed by atoms with Crippen molar-refractivity contribution in [1.29, 1.82) is 0 Å². The topological polar surface area (TPSA) is 50.4 Å². The molecule has 0 aliphatic rings. The van der Waals surface area contributed by atoms with Crippen LogP contribution in [0.4, 0.5) is 0 Å². The standard InChI is InChI=1S/C13H19ClN2O2/c1-15-7-6-13(17)16-9-12(18-2)10-4-3-5-11(14)8-10/h3-5,8,12,15H,6-7,9H2,1-2H3,(H,16,17). The summed E-state index contributed by atoms with van der Waals surface area (Å²) in [5, 5.41) is 6.43. The average molecular weight is 271 g/mol. The van der Waals surface area contributed by atoms with Crippen molar-refractivity contribution in [3.63, 3.8) is 0 Å². The average Bonchev–Trinajstić information content (AvgIpc) is 2.37. The molecule has 5 heteroatoms. The zero-order valence-electron chi connectivity index (χ0n) is 10.7. The largest absolute Gasteiger partial charge is 0.375 e. The zero-order valence-corrected chi connectivity index (χ0v) is 11.5. The monoisotopic (exact) mass is 270 g/mol. The maximum Gasteiger partial charge on any atom is 0.221 e. The first-order valence-corrected chi connectivity index (χ1v) is 6.24. The summed E-state index contributed by atoms with van der Waals surface area (Å²) in [5.41, 5.74) is 0.957. The molecule has 1 atom stereocenters. The molecule has 2 N–H and O–H groups in total. The Labute approximate surface area is 113 Å². The minimum atomic E-state index is -0.178. The Kier molecular flexibility index (Phi) is 6.72. The van der Waals surface area contributed by atoms with Gasteiger partial charge in [0.25, 0.3) is 0 Å². The van der Waals surface area contributed by atoms with E-state index in [1.165, 1.54) is 0 Å². The number of carbonyl (C=O) groups excluding carboxylic acids is 1. The van der Waals surface area contributed by atoms with Crippen LogP contribution in [0.5, 0.6) is 0 Å². The zero-order chi connectivity index (χ0) is 13.4. The van der Waals surface area contributed by atoms with Crippen molar-refractivity contribution in [1.82, 2.24) is 10.6 Å². The lowest BCUT2D eigenvalue weighted by Gasteiger charge is -2.16. The highest BCUT2D eigenvalue weighted by molar-refractivity contribution is 6.30. The van der Waals surface area contributed by atoms with Gasteiger partial charge in [-0.15, -0.1) is 0 Å². The third-order valence-corrected chi connectivity index (χ3v) is 2.83. The number of ether oxygens (including phenoxy) is 1. The molecule has 4 nitrogen and oxygen atoms in total. The van der Waals surface area contributed by atoms with Gasteiger partial charge in [-0.2, -0.15) is 0 Å². The number of amides is 1. The van der Waals surface area contributed by atoms with Crippen LogP contribution < -0.4 is 10.6 Å². The molecule has 0 saturated carbocycles. The van der Waals surface area contributed by atoms with Crippen molar-refractivity contribution in [3.05, 3.63) is 34.9 Å². The van der Waals surface area contributed by atoms with Crippen LogP contribution in [0, 0.1) is 0 Å². The fourth-order valence-corrected chi connectivity index (χ4v) is 1.78. The lowest BCUT2D eigenvalue weighted by molar-refractivity contribution is -0.121. The van der Waals surface area contributed by atoms with Gasteiger partial charge < -0.3 is 15.4 Å². The van der Waals surface area contributed by atoms with Crippen molar-refractivity contribution in [2.45, 2.75) is 12.5 Å². The Balaban J connectivity index is 2.50. The van der Waals surface area contributed by atoms with Gasteiger partial charge in [-0.25, -0.2) is 0 Å². The van der Waals surface area contributed by atoms with Crippen molar-refractivity contribution in [2.24, 2.45) is 0 Å². The second-order valence-electron chi connectivity index (χ2n) is 3.94. The predicted octanol–water partition coefficient (Wildman–Crippen LogP) is 1.75. The fourth-order valence-electron chi connectivity index (χ4n) is 1.58. The van der Waals surface area contributed by atoms with Gasteiger partial charge in [0.2, 0.25) is 5.91 Å². The molecule has 0 spiro atoms. The number of hydrogen-bond donors (Lipinski definition) is 2. The summed E-state index contributed by atoms with van der Waals surface area (Å²) in [6.45, 7) is 1.11. The summed E-state index contributed by atoms with van der Waals surface area (Å²) in [4.78, 5) is 11.5. The smallest absolute Gasteiger partial charge is 0.221 e. The Bertz CT molecular complexity index is 385. The highest BCUT2D eigenvalue weighted by Crippen LogP contribution is 2.19. The number of nitrogens with one attached hydrogen (secondary N) is 2. The normalized spacial score (nSPS) is 12.2. The number of carbonyl (C=O) groups is 1. The summed E-state index contributed by atoms with van der Waals surface area (Å²) < 4.78 is 5.36. The third kappa shape index (κ3) is 5.04. The summed E-state index contributed by atoms with van der Waals surface area (Å²) in [7, 11) is 3.43. The van der Waals surface area contributed by atoms with E-state index >= 15 is 0 Å². The molecule has 0 bridgehead atoms. The Hall–Kier alpha value is -1.10. The van der Waals surface area contributed by atoms with Crippen LogP contribution in [0.2, 0.25) is 5.02 Å². The molecule has 0 radical (unpaired) electrons. The molecule has 0 aromatic heterocycles. The van der Waals surface area contributed by atoms with E-state index in [4.69, 9.17) is 16.3 Å². The van der Waals surface area contributed by atoms with Gasteiger partial charge in [0, 0.05) is 31.6 Å².